The second-order valence-corrected chi connectivity index (χ2v) is 8.57. The van der Waals surface area contributed by atoms with Gasteiger partial charge in [0.15, 0.2) is 0 Å². The molecular weight excluding hydrogens is 340 g/mol. The maximum absolute atomic E-state index is 13.1. The monoisotopic (exact) mass is 362 g/mol. The Morgan fingerprint density at radius 1 is 1.40 bits per heavy atom. The van der Waals surface area contributed by atoms with Crippen LogP contribution in [0.3, 0.4) is 0 Å². The number of nitrogens with zero attached hydrogens (tertiary/aromatic N) is 1. The normalized spacial score (nSPS) is 28.7. The van der Waals surface area contributed by atoms with Crippen molar-refractivity contribution in [1.29, 1.82) is 0 Å². The first kappa shape index (κ1) is 16.9. The van der Waals surface area contributed by atoms with Crippen LogP contribution in [0.15, 0.2) is 35.4 Å². The molecule has 2 heterocycles. The van der Waals surface area contributed by atoms with Gasteiger partial charge in [-0.05, 0) is 37.1 Å². The number of nitrogens with one attached hydrogen (secondary N) is 1. The summed E-state index contributed by atoms with van der Waals surface area (Å²) in [6.07, 6.45) is 2.60. The van der Waals surface area contributed by atoms with Crippen LogP contribution in [0.25, 0.3) is 10.9 Å². The average molecular weight is 362 g/mol. The van der Waals surface area contributed by atoms with Crippen molar-refractivity contribution in [2.24, 2.45) is 11.8 Å². The standard InChI is InChI=1S/C18H22N2O4S/c1-11-8-12-4-3-6-19-16(12)15(9-11)25(21,22)20-17-13-5-7-24-18(13)14(17)10-23-2/h3-4,6,8-9,13-14,17-18,20H,5,7,10H2,1-2H3/t13-,14-,17-,18-/m1/s1. The van der Waals surface area contributed by atoms with Crippen LogP contribution in [0.4, 0.5) is 0 Å². The summed E-state index contributed by atoms with van der Waals surface area (Å²) in [5.41, 5.74) is 1.40. The van der Waals surface area contributed by atoms with Crippen molar-refractivity contribution in [3.05, 3.63) is 36.0 Å². The number of hydrogen-bond acceptors (Lipinski definition) is 5. The number of ether oxygens (including phenoxy) is 2. The van der Waals surface area contributed by atoms with E-state index >= 15 is 0 Å². The molecule has 0 unspecified atom stereocenters. The highest BCUT2D eigenvalue weighted by atomic mass is 32.2. The summed E-state index contributed by atoms with van der Waals surface area (Å²) in [7, 11) is -2.05. The molecule has 1 aliphatic heterocycles. The molecule has 2 aromatic rings. The Balaban J connectivity index is 1.69. The van der Waals surface area contributed by atoms with Gasteiger partial charge in [0.05, 0.1) is 18.2 Å². The van der Waals surface area contributed by atoms with E-state index in [4.69, 9.17) is 9.47 Å². The van der Waals surface area contributed by atoms with E-state index in [1.807, 2.05) is 25.1 Å². The third kappa shape index (κ3) is 2.85. The number of pyridine rings is 1. The Morgan fingerprint density at radius 2 is 2.24 bits per heavy atom. The molecule has 0 bridgehead atoms. The van der Waals surface area contributed by atoms with Crippen LogP contribution >= 0.6 is 0 Å². The predicted molar refractivity (Wildman–Crippen MR) is 93.8 cm³/mol. The fourth-order valence-electron chi connectivity index (χ4n) is 4.14. The third-order valence-corrected chi connectivity index (χ3v) is 6.75. The Kier molecular flexibility index (Phi) is 4.27. The summed E-state index contributed by atoms with van der Waals surface area (Å²) < 4.78 is 40.1. The lowest BCUT2D eigenvalue weighted by Gasteiger charge is -2.47. The van der Waals surface area contributed by atoms with Gasteiger partial charge in [0.25, 0.3) is 0 Å². The number of aryl methyl sites for hydroxylation is 1. The number of benzene rings is 1. The first-order valence-corrected chi connectivity index (χ1v) is 9.98. The van der Waals surface area contributed by atoms with Crippen LogP contribution < -0.4 is 4.72 Å². The summed E-state index contributed by atoms with van der Waals surface area (Å²) >= 11 is 0. The van der Waals surface area contributed by atoms with Crippen molar-refractivity contribution in [2.75, 3.05) is 20.3 Å². The fourth-order valence-corrected chi connectivity index (χ4v) is 5.75. The average Bonchev–Trinajstić information content (AvgIpc) is 3.01. The second kappa shape index (κ2) is 6.32. The van der Waals surface area contributed by atoms with Gasteiger partial charge in [-0.2, -0.15) is 0 Å². The minimum absolute atomic E-state index is 0.0521. The molecule has 25 heavy (non-hydrogen) atoms. The van der Waals surface area contributed by atoms with Gasteiger partial charge in [-0.1, -0.05) is 6.07 Å². The Bertz CT molecular complexity index is 899. The van der Waals surface area contributed by atoms with Crippen LogP contribution in [-0.4, -0.2) is 45.9 Å². The summed E-state index contributed by atoms with van der Waals surface area (Å²) in [4.78, 5) is 4.53. The lowest BCUT2D eigenvalue weighted by atomic mass is 9.68. The van der Waals surface area contributed by atoms with Crippen molar-refractivity contribution in [2.45, 2.75) is 30.4 Å². The zero-order valence-corrected chi connectivity index (χ0v) is 15.1. The molecule has 6 nitrogen and oxygen atoms in total. The highest BCUT2D eigenvalue weighted by molar-refractivity contribution is 7.89. The smallest absolute Gasteiger partial charge is 0.243 e. The molecule has 1 aromatic carbocycles. The minimum atomic E-state index is -3.68. The molecule has 1 aromatic heterocycles. The Morgan fingerprint density at radius 3 is 3.04 bits per heavy atom. The van der Waals surface area contributed by atoms with Crippen molar-refractivity contribution in [1.82, 2.24) is 9.71 Å². The number of fused-ring (bicyclic) bond motifs is 2. The van der Waals surface area contributed by atoms with Gasteiger partial charge < -0.3 is 9.47 Å². The van der Waals surface area contributed by atoms with E-state index < -0.39 is 10.0 Å². The lowest BCUT2D eigenvalue weighted by Crippen LogP contribution is -2.62. The van der Waals surface area contributed by atoms with Gasteiger partial charge >= 0.3 is 0 Å². The molecular formula is C18H22N2O4S. The van der Waals surface area contributed by atoms with Crippen molar-refractivity contribution in [3.63, 3.8) is 0 Å². The summed E-state index contributed by atoms with van der Waals surface area (Å²) in [5, 5.41) is 0.826. The van der Waals surface area contributed by atoms with Gasteiger partial charge in [0, 0.05) is 43.2 Å². The van der Waals surface area contributed by atoms with E-state index in [0.29, 0.717) is 18.7 Å². The van der Waals surface area contributed by atoms with E-state index in [2.05, 4.69) is 9.71 Å². The second-order valence-electron chi connectivity index (χ2n) is 6.89. The molecule has 0 spiro atoms. The molecule has 0 radical (unpaired) electrons. The molecule has 1 saturated heterocycles. The third-order valence-electron chi connectivity index (χ3n) is 5.28. The van der Waals surface area contributed by atoms with Crippen LogP contribution in [0, 0.1) is 18.8 Å². The van der Waals surface area contributed by atoms with Gasteiger partial charge in [0.1, 0.15) is 4.90 Å². The molecule has 7 heteroatoms. The van der Waals surface area contributed by atoms with Gasteiger partial charge in [-0.15, -0.1) is 0 Å². The van der Waals surface area contributed by atoms with E-state index in [1.165, 1.54) is 0 Å². The Hall–Kier alpha value is -1.54. The number of sulfonamides is 1. The van der Waals surface area contributed by atoms with E-state index in [0.717, 1.165) is 17.4 Å². The maximum Gasteiger partial charge on any atom is 0.243 e. The summed E-state index contributed by atoms with van der Waals surface area (Å²) in [6.45, 7) is 3.06. The zero-order chi connectivity index (χ0) is 17.6. The number of hydrogen-bond donors (Lipinski definition) is 1. The van der Waals surface area contributed by atoms with Crippen LogP contribution in [0.5, 0.6) is 0 Å². The molecule has 0 amide bonds. The molecule has 2 fully saturated rings. The van der Waals surface area contributed by atoms with Crippen molar-refractivity contribution >= 4 is 20.9 Å². The van der Waals surface area contributed by atoms with Crippen LogP contribution in [0.2, 0.25) is 0 Å². The first-order valence-electron chi connectivity index (χ1n) is 8.49. The van der Waals surface area contributed by atoms with Gasteiger partial charge in [-0.3, -0.25) is 4.98 Å². The highest BCUT2D eigenvalue weighted by Gasteiger charge is 2.55. The van der Waals surface area contributed by atoms with Crippen molar-refractivity contribution < 1.29 is 17.9 Å². The number of methoxy groups -OCH3 is 1. The number of aromatic nitrogens is 1. The van der Waals surface area contributed by atoms with Gasteiger partial charge in [-0.25, -0.2) is 13.1 Å². The van der Waals surface area contributed by atoms with Crippen LogP contribution in [-0.2, 0) is 19.5 Å². The minimum Gasteiger partial charge on any atom is -0.384 e. The van der Waals surface area contributed by atoms with E-state index in [-0.39, 0.29) is 28.9 Å². The Labute approximate surface area is 147 Å². The van der Waals surface area contributed by atoms with E-state index in [9.17, 15) is 8.42 Å². The summed E-state index contributed by atoms with van der Waals surface area (Å²) in [5.74, 6) is 0.273. The zero-order valence-electron chi connectivity index (χ0n) is 14.3. The molecule has 1 N–H and O–H groups in total. The van der Waals surface area contributed by atoms with E-state index in [1.54, 1.807) is 19.4 Å². The molecule has 134 valence electrons. The topological polar surface area (TPSA) is 77.5 Å². The number of rotatable bonds is 5. The molecule has 4 rings (SSSR count). The largest absolute Gasteiger partial charge is 0.384 e. The quantitative estimate of drug-likeness (QED) is 0.879. The molecule has 4 atom stereocenters. The van der Waals surface area contributed by atoms with Crippen LogP contribution in [0.1, 0.15) is 12.0 Å². The summed E-state index contributed by atoms with van der Waals surface area (Å²) in [6, 6.07) is 7.17. The predicted octanol–water partition coefficient (Wildman–Crippen LogP) is 1.87. The van der Waals surface area contributed by atoms with Gasteiger partial charge in [0.2, 0.25) is 10.0 Å². The lowest BCUT2D eigenvalue weighted by molar-refractivity contribution is -0.0775. The molecule has 1 saturated carbocycles. The molecule has 2 aliphatic rings. The van der Waals surface area contributed by atoms with Crippen molar-refractivity contribution in [3.8, 4) is 0 Å². The maximum atomic E-state index is 13.1. The SMILES string of the molecule is COC[C@@H]1[C@H](NS(=O)(=O)c2cc(C)cc3cccnc23)[C@H]2CCO[C@H]21. The fraction of sp³-hybridized carbons (Fsp3) is 0.500. The molecule has 1 aliphatic carbocycles. The highest BCUT2D eigenvalue weighted by Crippen LogP contribution is 2.44. The first-order chi connectivity index (χ1) is 12.0.